The average Bonchev–Trinajstić information content (AvgIpc) is 2.60. The maximum absolute atomic E-state index is 12.9. The van der Waals surface area contributed by atoms with Gasteiger partial charge in [-0.1, -0.05) is 25.5 Å². The van der Waals surface area contributed by atoms with Crippen molar-refractivity contribution in [1.82, 2.24) is 10.2 Å². The van der Waals surface area contributed by atoms with Gasteiger partial charge in [0.15, 0.2) is 0 Å². The van der Waals surface area contributed by atoms with Gasteiger partial charge in [0.2, 0.25) is 11.8 Å². The van der Waals surface area contributed by atoms with Crippen LogP contribution in [-0.4, -0.2) is 35.8 Å². The Morgan fingerprint density at radius 1 is 1.29 bits per heavy atom. The van der Waals surface area contributed by atoms with E-state index in [9.17, 15) is 14.0 Å². The number of nitrogens with one attached hydrogen (secondary N) is 1. The van der Waals surface area contributed by atoms with E-state index in [0.29, 0.717) is 32.4 Å². The van der Waals surface area contributed by atoms with Crippen LogP contribution >= 0.6 is 0 Å². The van der Waals surface area contributed by atoms with Gasteiger partial charge in [-0.05, 0) is 30.5 Å². The molecule has 1 unspecified atom stereocenters. The molecule has 114 valence electrons. The number of carbonyl (C=O) groups excluding carboxylic acids is 2. The Labute approximate surface area is 124 Å². The number of halogens is 1. The van der Waals surface area contributed by atoms with Crippen LogP contribution in [0, 0.1) is 5.82 Å². The fourth-order valence-corrected chi connectivity index (χ4v) is 2.52. The maximum atomic E-state index is 12.9. The largest absolute Gasteiger partial charge is 0.344 e. The topological polar surface area (TPSA) is 49.4 Å². The highest BCUT2D eigenvalue weighted by Gasteiger charge is 2.28. The number of rotatable bonds is 5. The molecule has 0 spiro atoms. The lowest BCUT2D eigenvalue weighted by molar-refractivity contribution is -0.133. The summed E-state index contributed by atoms with van der Waals surface area (Å²) in [6, 6.07) is 5.89. The minimum atomic E-state index is -0.404. The van der Waals surface area contributed by atoms with Crippen LogP contribution in [0.2, 0.25) is 0 Å². The van der Waals surface area contributed by atoms with Crippen molar-refractivity contribution in [2.75, 3.05) is 13.1 Å². The summed E-state index contributed by atoms with van der Waals surface area (Å²) in [5.41, 5.74) is 0.986. The van der Waals surface area contributed by atoms with E-state index >= 15 is 0 Å². The highest BCUT2D eigenvalue weighted by Crippen LogP contribution is 2.10. The van der Waals surface area contributed by atoms with E-state index in [1.807, 2.05) is 6.92 Å². The van der Waals surface area contributed by atoms with E-state index < -0.39 is 6.04 Å². The number of benzene rings is 1. The Bertz CT molecular complexity index is 502. The lowest BCUT2D eigenvalue weighted by Crippen LogP contribution is -2.45. The van der Waals surface area contributed by atoms with Crippen molar-refractivity contribution in [2.24, 2.45) is 0 Å². The van der Waals surface area contributed by atoms with Crippen LogP contribution in [0.25, 0.3) is 0 Å². The first-order valence-electron chi connectivity index (χ1n) is 7.42. The number of amides is 2. The zero-order valence-corrected chi connectivity index (χ0v) is 12.3. The molecule has 5 heteroatoms. The monoisotopic (exact) mass is 292 g/mol. The summed E-state index contributed by atoms with van der Waals surface area (Å²) in [7, 11) is 0. The molecule has 1 heterocycles. The van der Waals surface area contributed by atoms with Gasteiger partial charge < -0.3 is 10.2 Å². The second kappa shape index (κ2) is 7.20. The van der Waals surface area contributed by atoms with Gasteiger partial charge >= 0.3 is 0 Å². The molecule has 0 saturated carbocycles. The molecule has 1 aromatic carbocycles. The van der Waals surface area contributed by atoms with Crippen molar-refractivity contribution in [3.63, 3.8) is 0 Å². The standard InChI is InChI=1S/C16H21FN2O2/c1-2-3-14-16(21)19(11-9-15(20)18-14)10-8-12-4-6-13(17)7-5-12/h4-7,14H,2-3,8-11H2,1H3,(H,18,20). The zero-order valence-electron chi connectivity index (χ0n) is 12.3. The quantitative estimate of drug-likeness (QED) is 0.901. The highest BCUT2D eigenvalue weighted by atomic mass is 19.1. The molecule has 1 aromatic rings. The summed E-state index contributed by atoms with van der Waals surface area (Å²) < 4.78 is 12.9. The molecule has 0 bridgehead atoms. The first-order chi connectivity index (χ1) is 10.1. The Morgan fingerprint density at radius 3 is 2.67 bits per heavy atom. The molecule has 2 amide bonds. The van der Waals surface area contributed by atoms with Gasteiger partial charge in [0.1, 0.15) is 11.9 Å². The second-order valence-corrected chi connectivity index (χ2v) is 5.36. The van der Waals surface area contributed by atoms with Crippen molar-refractivity contribution < 1.29 is 14.0 Å². The molecule has 1 atom stereocenters. The fraction of sp³-hybridized carbons (Fsp3) is 0.500. The molecule has 21 heavy (non-hydrogen) atoms. The molecule has 1 saturated heterocycles. The summed E-state index contributed by atoms with van der Waals surface area (Å²) in [5.74, 6) is -0.335. The average molecular weight is 292 g/mol. The van der Waals surface area contributed by atoms with Crippen molar-refractivity contribution >= 4 is 11.8 Å². The van der Waals surface area contributed by atoms with Crippen molar-refractivity contribution in [1.29, 1.82) is 0 Å². The van der Waals surface area contributed by atoms with E-state index in [1.54, 1.807) is 17.0 Å². The van der Waals surface area contributed by atoms with Crippen LogP contribution in [0.15, 0.2) is 24.3 Å². The number of hydrogen-bond acceptors (Lipinski definition) is 2. The molecule has 1 aliphatic rings. The molecule has 0 radical (unpaired) electrons. The summed E-state index contributed by atoms with van der Waals surface area (Å²) in [4.78, 5) is 25.8. The molecule has 1 aliphatic heterocycles. The predicted octanol–water partition coefficient (Wildman–Crippen LogP) is 1.89. The Hall–Kier alpha value is -1.91. The van der Waals surface area contributed by atoms with Crippen LogP contribution in [0.3, 0.4) is 0 Å². The van der Waals surface area contributed by atoms with Gasteiger partial charge in [-0.15, -0.1) is 0 Å². The minimum absolute atomic E-state index is 0.00943. The van der Waals surface area contributed by atoms with Gasteiger partial charge in [0, 0.05) is 19.5 Å². The second-order valence-electron chi connectivity index (χ2n) is 5.36. The molecule has 2 rings (SSSR count). The van der Waals surface area contributed by atoms with Crippen molar-refractivity contribution in [3.05, 3.63) is 35.6 Å². The van der Waals surface area contributed by atoms with Crippen LogP contribution < -0.4 is 5.32 Å². The lowest BCUT2D eigenvalue weighted by Gasteiger charge is -2.23. The Balaban J connectivity index is 1.98. The van der Waals surface area contributed by atoms with Crippen LogP contribution in [-0.2, 0) is 16.0 Å². The summed E-state index contributed by atoms with van der Waals surface area (Å²) in [5, 5.41) is 2.79. The Kier molecular flexibility index (Phi) is 5.31. The van der Waals surface area contributed by atoms with E-state index in [4.69, 9.17) is 0 Å². The fourth-order valence-electron chi connectivity index (χ4n) is 2.52. The summed E-state index contributed by atoms with van der Waals surface area (Å²) in [6.07, 6.45) is 2.52. The summed E-state index contributed by atoms with van der Waals surface area (Å²) >= 11 is 0. The van der Waals surface area contributed by atoms with Gasteiger partial charge in [0.05, 0.1) is 0 Å². The van der Waals surface area contributed by atoms with Crippen LogP contribution in [0.4, 0.5) is 4.39 Å². The minimum Gasteiger partial charge on any atom is -0.344 e. The number of carbonyl (C=O) groups is 2. The third-order valence-corrected chi connectivity index (χ3v) is 3.71. The van der Waals surface area contributed by atoms with Crippen LogP contribution in [0.1, 0.15) is 31.7 Å². The van der Waals surface area contributed by atoms with E-state index in [0.717, 1.165) is 12.0 Å². The predicted molar refractivity (Wildman–Crippen MR) is 78.1 cm³/mol. The SMILES string of the molecule is CCCC1NC(=O)CCN(CCc2ccc(F)cc2)C1=O. The molecule has 0 aromatic heterocycles. The van der Waals surface area contributed by atoms with Crippen molar-refractivity contribution in [2.45, 2.75) is 38.6 Å². The first kappa shape index (κ1) is 15.5. The summed E-state index contributed by atoms with van der Waals surface area (Å²) in [6.45, 7) is 3.00. The normalized spacial score (nSPS) is 19.3. The lowest BCUT2D eigenvalue weighted by atomic mass is 10.1. The van der Waals surface area contributed by atoms with E-state index in [2.05, 4.69) is 5.32 Å². The zero-order chi connectivity index (χ0) is 15.2. The third-order valence-electron chi connectivity index (χ3n) is 3.71. The smallest absolute Gasteiger partial charge is 0.245 e. The molecular formula is C16H21FN2O2. The van der Waals surface area contributed by atoms with Gasteiger partial charge in [-0.3, -0.25) is 9.59 Å². The Morgan fingerprint density at radius 2 is 2.00 bits per heavy atom. The molecular weight excluding hydrogens is 271 g/mol. The first-order valence-corrected chi connectivity index (χ1v) is 7.42. The van der Waals surface area contributed by atoms with Crippen LogP contribution in [0.5, 0.6) is 0 Å². The molecule has 1 N–H and O–H groups in total. The number of hydrogen-bond donors (Lipinski definition) is 1. The van der Waals surface area contributed by atoms with E-state index in [-0.39, 0.29) is 17.6 Å². The molecule has 4 nitrogen and oxygen atoms in total. The molecule has 1 fully saturated rings. The van der Waals surface area contributed by atoms with Gasteiger partial charge in [0.25, 0.3) is 0 Å². The van der Waals surface area contributed by atoms with Gasteiger partial charge in [-0.2, -0.15) is 0 Å². The van der Waals surface area contributed by atoms with E-state index in [1.165, 1.54) is 12.1 Å². The number of nitrogens with zero attached hydrogens (tertiary/aromatic N) is 1. The molecule has 0 aliphatic carbocycles. The maximum Gasteiger partial charge on any atom is 0.245 e. The highest BCUT2D eigenvalue weighted by molar-refractivity contribution is 5.89. The van der Waals surface area contributed by atoms with Crippen molar-refractivity contribution in [3.8, 4) is 0 Å². The van der Waals surface area contributed by atoms with Gasteiger partial charge in [-0.25, -0.2) is 4.39 Å². The third kappa shape index (κ3) is 4.28.